The lowest BCUT2D eigenvalue weighted by Gasteiger charge is -2.43. The number of nitrogens with one attached hydrogen (secondary N) is 1. The van der Waals surface area contributed by atoms with Crippen LogP contribution in [0, 0.1) is 6.92 Å². The fourth-order valence-electron chi connectivity index (χ4n) is 4.47. The predicted molar refractivity (Wildman–Crippen MR) is 142 cm³/mol. The van der Waals surface area contributed by atoms with E-state index in [9.17, 15) is 14.4 Å². The number of carbonyl (C=O) groups excluding carboxylic acids is 3. The van der Waals surface area contributed by atoms with E-state index < -0.39 is 17.4 Å². The highest BCUT2D eigenvalue weighted by Gasteiger charge is 2.48. The molecule has 0 aliphatic carbocycles. The first-order valence-corrected chi connectivity index (χ1v) is 12.8. The highest BCUT2D eigenvalue weighted by Crippen LogP contribution is 2.31. The van der Waals surface area contributed by atoms with Gasteiger partial charge in [-0.25, -0.2) is 9.78 Å². The van der Waals surface area contributed by atoms with E-state index in [0.717, 1.165) is 35.3 Å². The maximum atomic E-state index is 13.8. The number of methoxy groups -OCH3 is 1. The summed E-state index contributed by atoms with van der Waals surface area (Å²) in [5.41, 5.74) is 1.72. The second kappa shape index (κ2) is 11.5. The van der Waals surface area contributed by atoms with Crippen LogP contribution in [0.2, 0.25) is 0 Å². The number of aromatic nitrogens is 2. The van der Waals surface area contributed by atoms with Crippen LogP contribution >= 0.6 is 0 Å². The summed E-state index contributed by atoms with van der Waals surface area (Å²) in [4.78, 5) is 45.5. The molecule has 200 valence electrons. The van der Waals surface area contributed by atoms with E-state index in [1.54, 1.807) is 11.5 Å². The van der Waals surface area contributed by atoms with Gasteiger partial charge in [0.25, 0.3) is 5.91 Å². The van der Waals surface area contributed by atoms with Gasteiger partial charge < -0.3 is 24.3 Å². The third kappa shape index (κ3) is 5.56. The fraction of sp³-hybridized carbons (Fsp3) is 0.379. The number of aryl methyl sites for hydroxylation is 1. The first-order valence-electron chi connectivity index (χ1n) is 12.8. The maximum absolute atomic E-state index is 13.8. The fourth-order valence-corrected chi connectivity index (χ4v) is 4.47. The normalized spacial score (nSPS) is 16.6. The number of amides is 2. The number of fused-ring (bicyclic) bond motifs is 1. The SMILES string of the molecule is CCCCOc1ccc(CN2C(=O)c3c(C(=O)OC)ncn3C[C@]2(C)C(=O)NCc2ccc(C)cc2)cc1. The van der Waals surface area contributed by atoms with E-state index in [1.807, 2.05) is 55.5 Å². The largest absolute Gasteiger partial charge is 0.494 e. The lowest BCUT2D eigenvalue weighted by Crippen LogP contribution is -2.63. The van der Waals surface area contributed by atoms with Crippen molar-refractivity contribution in [1.29, 1.82) is 0 Å². The quantitative estimate of drug-likeness (QED) is 0.323. The first-order chi connectivity index (χ1) is 18.3. The van der Waals surface area contributed by atoms with Crippen LogP contribution < -0.4 is 10.1 Å². The predicted octanol–water partition coefficient (Wildman–Crippen LogP) is 3.89. The van der Waals surface area contributed by atoms with Crippen LogP contribution in [0.15, 0.2) is 54.9 Å². The molecule has 9 heteroatoms. The molecule has 1 atom stereocenters. The van der Waals surface area contributed by atoms with Gasteiger partial charge in [0, 0.05) is 13.1 Å². The van der Waals surface area contributed by atoms with Crippen LogP contribution in [0.3, 0.4) is 0 Å². The molecule has 38 heavy (non-hydrogen) atoms. The summed E-state index contributed by atoms with van der Waals surface area (Å²) in [7, 11) is 1.24. The van der Waals surface area contributed by atoms with Gasteiger partial charge in [-0.3, -0.25) is 9.59 Å². The molecule has 0 radical (unpaired) electrons. The molecule has 0 unspecified atom stereocenters. The van der Waals surface area contributed by atoms with Gasteiger partial charge in [-0.2, -0.15) is 0 Å². The van der Waals surface area contributed by atoms with Crippen LogP contribution in [-0.4, -0.2) is 51.5 Å². The number of hydrogen-bond acceptors (Lipinski definition) is 6. The molecule has 0 saturated carbocycles. The summed E-state index contributed by atoms with van der Waals surface area (Å²) in [6.45, 7) is 7.10. The number of carbonyl (C=O) groups is 3. The molecule has 0 spiro atoms. The van der Waals surface area contributed by atoms with Crippen LogP contribution in [0.25, 0.3) is 0 Å². The highest BCUT2D eigenvalue weighted by molar-refractivity contribution is 6.06. The Labute approximate surface area is 222 Å². The summed E-state index contributed by atoms with van der Waals surface area (Å²) in [5, 5.41) is 3.00. The number of ether oxygens (including phenoxy) is 2. The van der Waals surface area contributed by atoms with Crippen LogP contribution in [0.4, 0.5) is 0 Å². The molecule has 1 N–H and O–H groups in total. The van der Waals surface area contributed by atoms with Crippen LogP contribution in [0.5, 0.6) is 5.75 Å². The van der Waals surface area contributed by atoms with Crippen molar-refractivity contribution in [3.63, 3.8) is 0 Å². The summed E-state index contributed by atoms with van der Waals surface area (Å²) in [5.74, 6) is -0.722. The molecule has 2 amide bonds. The van der Waals surface area contributed by atoms with Gasteiger partial charge in [0.05, 0.1) is 26.6 Å². The minimum Gasteiger partial charge on any atom is -0.494 e. The molecule has 0 fully saturated rings. The van der Waals surface area contributed by atoms with Gasteiger partial charge in [0.2, 0.25) is 5.91 Å². The lowest BCUT2D eigenvalue weighted by atomic mass is 9.93. The Morgan fingerprint density at radius 3 is 2.42 bits per heavy atom. The molecule has 3 aromatic rings. The Kier molecular flexibility index (Phi) is 8.14. The molecule has 2 aromatic carbocycles. The Morgan fingerprint density at radius 2 is 1.76 bits per heavy atom. The van der Waals surface area contributed by atoms with Crippen molar-refractivity contribution in [3.8, 4) is 5.75 Å². The topological polar surface area (TPSA) is 103 Å². The summed E-state index contributed by atoms with van der Waals surface area (Å²) in [6.07, 6.45) is 3.42. The number of esters is 1. The van der Waals surface area contributed by atoms with Crippen molar-refractivity contribution in [2.75, 3.05) is 13.7 Å². The molecule has 4 rings (SSSR count). The smallest absolute Gasteiger partial charge is 0.359 e. The van der Waals surface area contributed by atoms with Gasteiger partial charge in [-0.1, -0.05) is 55.3 Å². The molecule has 0 bridgehead atoms. The molecule has 1 aliphatic heterocycles. The standard InChI is InChI=1S/C29H34N4O5/c1-5-6-15-38-23-13-11-22(12-14-23)17-33-26(34)25-24(27(35)37-4)31-19-32(25)18-29(33,3)28(36)30-16-21-9-7-20(2)8-10-21/h7-14,19H,5-6,15-18H2,1-4H3,(H,30,36)/t29-/m1/s1. The Hall–Kier alpha value is -4.14. The zero-order valence-electron chi connectivity index (χ0n) is 22.3. The Balaban J connectivity index is 1.62. The number of nitrogens with zero attached hydrogens (tertiary/aromatic N) is 3. The minimum absolute atomic E-state index is 0.0655. The molecule has 2 heterocycles. The van der Waals surface area contributed by atoms with Gasteiger partial charge in [0.1, 0.15) is 17.0 Å². The van der Waals surface area contributed by atoms with Crippen molar-refractivity contribution in [2.45, 2.75) is 58.8 Å². The second-order valence-corrected chi connectivity index (χ2v) is 9.74. The number of unbranched alkanes of at least 4 members (excludes halogenated alkanes) is 1. The van der Waals surface area contributed by atoms with Gasteiger partial charge in [0.15, 0.2) is 5.69 Å². The number of benzene rings is 2. The average Bonchev–Trinajstić information content (AvgIpc) is 3.34. The average molecular weight is 519 g/mol. The van der Waals surface area contributed by atoms with Crippen molar-refractivity contribution in [1.82, 2.24) is 19.8 Å². The zero-order chi connectivity index (χ0) is 27.3. The van der Waals surface area contributed by atoms with Crippen molar-refractivity contribution in [3.05, 3.63) is 82.9 Å². The summed E-state index contributed by atoms with van der Waals surface area (Å²) < 4.78 is 12.1. The number of rotatable bonds is 10. The molecular formula is C29H34N4O5. The van der Waals surface area contributed by atoms with E-state index >= 15 is 0 Å². The number of hydrogen-bond donors (Lipinski definition) is 1. The van der Waals surface area contributed by atoms with Gasteiger partial charge >= 0.3 is 5.97 Å². The van der Waals surface area contributed by atoms with E-state index in [-0.39, 0.29) is 30.4 Å². The molecular weight excluding hydrogens is 484 g/mol. The zero-order valence-corrected chi connectivity index (χ0v) is 22.3. The Morgan fingerprint density at radius 1 is 1.08 bits per heavy atom. The van der Waals surface area contributed by atoms with Gasteiger partial charge in [-0.05, 0) is 43.5 Å². The highest BCUT2D eigenvalue weighted by atomic mass is 16.5. The summed E-state index contributed by atoms with van der Waals surface area (Å²) >= 11 is 0. The van der Waals surface area contributed by atoms with Crippen molar-refractivity contribution >= 4 is 17.8 Å². The van der Waals surface area contributed by atoms with Crippen molar-refractivity contribution in [2.24, 2.45) is 0 Å². The molecule has 9 nitrogen and oxygen atoms in total. The first kappa shape index (κ1) is 26.9. The van der Waals surface area contributed by atoms with Gasteiger partial charge in [-0.15, -0.1) is 0 Å². The number of imidazole rings is 1. The van der Waals surface area contributed by atoms with E-state index in [0.29, 0.717) is 13.2 Å². The van der Waals surface area contributed by atoms with Crippen LogP contribution in [-0.2, 0) is 29.2 Å². The van der Waals surface area contributed by atoms with E-state index in [4.69, 9.17) is 9.47 Å². The lowest BCUT2D eigenvalue weighted by molar-refractivity contribution is -0.133. The van der Waals surface area contributed by atoms with Crippen LogP contribution in [0.1, 0.15) is 64.4 Å². The van der Waals surface area contributed by atoms with E-state index in [2.05, 4.69) is 17.2 Å². The minimum atomic E-state index is -1.24. The molecule has 0 saturated heterocycles. The third-order valence-electron chi connectivity index (χ3n) is 6.83. The Bertz CT molecular complexity index is 1300. The van der Waals surface area contributed by atoms with E-state index in [1.165, 1.54) is 18.3 Å². The van der Waals surface area contributed by atoms with Crippen molar-refractivity contribution < 1.29 is 23.9 Å². The maximum Gasteiger partial charge on any atom is 0.359 e. The molecule has 1 aliphatic rings. The monoisotopic (exact) mass is 518 g/mol. The third-order valence-corrected chi connectivity index (χ3v) is 6.83. The summed E-state index contributed by atoms with van der Waals surface area (Å²) in [6, 6.07) is 15.4. The molecule has 1 aromatic heterocycles. The second-order valence-electron chi connectivity index (χ2n) is 9.74.